The zero-order valence-corrected chi connectivity index (χ0v) is 7.64. The summed E-state index contributed by atoms with van der Waals surface area (Å²) in [6.45, 7) is 1.70. The highest BCUT2D eigenvalue weighted by molar-refractivity contribution is 5.99. The molecule has 1 rings (SSSR count). The van der Waals surface area contributed by atoms with E-state index in [4.69, 9.17) is 5.53 Å². The lowest BCUT2D eigenvalue weighted by atomic mass is 10.1. The summed E-state index contributed by atoms with van der Waals surface area (Å²) in [5.74, 6) is -0.272. The lowest BCUT2D eigenvalue weighted by molar-refractivity contribution is 0.0985. The first-order valence-electron chi connectivity index (χ1n) is 4.10. The number of ketones is 1. The molecule has 0 bridgehead atoms. The number of carbonyl (C=O) groups is 1. The molecular weight excluding hydrogens is 182 g/mol. The highest BCUT2D eigenvalue weighted by Gasteiger charge is 2.08. The number of hydrogen-bond acceptors (Lipinski definition) is 3. The third-order valence-electron chi connectivity index (χ3n) is 1.76. The molecule has 0 saturated heterocycles. The number of carbonyl (C=O) groups excluding carboxylic acids is 1. The van der Waals surface area contributed by atoms with Gasteiger partial charge in [-0.05, 0) is 23.7 Å². The largest absolute Gasteiger partial charge is 0.507 e. The maximum absolute atomic E-state index is 11.3. The topological polar surface area (TPSA) is 86.1 Å². The number of azide groups is 1. The zero-order chi connectivity index (χ0) is 10.6. The number of nitrogens with zero attached hydrogens (tertiary/aromatic N) is 3. The van der Waals surface area contributed by atoms with Gasteiger partial charge in [0.15, 0.2) is 5.78 Å². The smallest absolute Gasteiger partial charge is 0.166 e. The molecule has 1 aromatic carbocycles. The summed E-state index contributed by atoms with van der Waals surface area (Å²) in [5.41, 5.74) is 8.70. The first-order valence-corrected chi connectivity index (χ1v) is 4.10. The second-order valence-corrected chi connectivity index (χ2v) is 2.67. The van der Waals surface area contributed by atoms with Gasteiger partial charge in [-0.15, -0.1) is 0 Å². The van der Waals surface area contributed by atoms with Crippen molar-refractivity contribution in [3.05, 3.63) is 34.2 Å². The number of phenolic OH excluding ortho intramolecular Hbond substituents is 1. The lowest BCUT2D eigenvalue weighted by Gasteiger charge is -2.02. The van der Waals surface area contributed by atoms with Crippen LogP contribution in [0.4, 0.5) is 5.69 Å². The van der Waals surface area contributed by atoms with Crippen LogP contribution < -0.4 is 0 Å². The number of hydrogen-bond donors (Lipinski definition) is 1. The van der Waals surface area contributed by atoms with Crippen molar-refractivity contribution < 1.29 is 9.90 Å². The van der Waals surface area contributed by atoms with Crippen LogP contribution in [0.3, 0.4) is 0 Å². The first kappa shape index (κ1) is 10.1. The Hall–Kier alpha value is -2.00. The van der Waals surface area contributed by atoms with E-state index in [9.17, 15) is 9.90 Å². The van der Waals surface area contributed by atoms with Gasteiger partial charge in [-0.3, -0.25) is 4.79 Å². The van der Waals surface area contributed by atoms with Gasteiger partial charge >= 0.3 is 0 Å². The minimum atomic E-state index is -0.183. The first-order chi connectivity index (χ1) is 6.69. The Morgan fingerprint density at radius 3 is 2.93 bits per heavy atom. The Labute approximate surface area is 80.6 Å². The zero-order valence-electron chi connectivity index (χ0n) is 7.64. The molecule has 0 aliphatic rings. The number of Topliss-reactive ketones (excluding diaryl/α,β-unsaturated/α-hetero) is 1. The molecule has 0 fully saturated rings. The van der Waals surface area contributed by atoms with Gasteiger partial charge in [0.2, 0.25) is 0 Å². The fraction of sp³-hybridized carbons (Fsp3) is 0.222. The van der Waals surface area contributed by atoms with Gasteiger partial charge in [-0.2, -0.15) is 0 Å². The van der Waals surface area contributed by atoms with Crippen LogP contribution in [0.2, 0.25) is 0 Å². The van der Waals surface area contributed by atoms with Crippen LogP contribution >= 0.6 is 0 Å². The van der Waals surface area contributed by atoms with Gasteiger partial charge < -0.3 is 5.11 Å². The molecule has 0 aromatic heterocycles. The van der Waals surface area contributed by atoms with Crippen LogP contribution in [0.5, 0.6) is 5.75 Å². The molecule has 0 spiro atoms. The van der Waals surface area contributed by atoms with Crippen molar-refractivity contribution in [2.24, 2.45) is 5.11 Å². The van der Waals surface area contributed by atoms with Crippen molar-refractivity contribution in [3.8, 4) is 5.75 Å². The second kappa shape index (κ2) is 4.30. The van der Waals surface area contributed by atoms with Crippen molar-refractivity contribution >= 4 is 11.5 Å². The van der Waals surface area contributed by atoms with E-state index in [1.54, 1.807) is 6.92 Å². The van der Waals surface area contributed by atoms with Crippen molar-refractivity contribution in [2.45, 2.75) is 13.3 Å². The number of benzene rings is 1. The number of phenols is 1. The summed E-state index contributed by atoms with van der Waals surface area (Å²) in [7, 11) is 0. The lowest BCUT2D eigenvalue weighted by Crippen LogP contribution is -1.96. The van der Waals surface area contributed by atoms with Crippen molar-refractivity contribution in [1.82, 2.24) is 0 Å². The minimum absolute atomic E-state index is 0.0891. The molecule has 0 unspecified atom stereocenters. The average Bonchev–Trinajstić information content (AvgIpc) is 2.20. The molecule has 72 valence electrons. The van der Waals surface area contributed by atoms with Gasteiger partial charge in [-0.25, -0.2) is 0 Å². The fourth-order valence-electron chi connectivity index (χ4n) is 1.05. The average molecular weight is 191 g/mol. The van der Waals surface area contributed by atoms with Crippen LogP contribution in [0.25, 0.3) is 10.4 Å². The number of aromatic hydroxyl groups is 1. The summed E-state index contributed by atoms with van der Waals surface area (Å²) < 4.78 is 0. The Kier molecular flexibility index (Phi) is 3.09. The maximum Gasteiger partial charge on any atom is 0.166 e. The Bertz CT molecular complexity index is 409. The van der Waals surface area contributed by atoms with Crippen molar-refractivity contribution in [2.75, 3.05) is 0 Å². The number of rotatable bonds is 3. The van der Waals surface area contributed by atoms with Gasteiger partial charge in [0.25, 0.3) is 0 Å². The summed E-state index contributed by atoms with van der Waals surface area (Å²) in [6.07, 6.45) is 0.299. The van der Waals surface area contributed by atoms with Crippen LogP contribution in [0, 0.1) is 0 Å². The molecule has 0 amide bonds. The molecule has 0 aliphatic carbocycles. The molecule has 1 N–H and O–H groups in total. The van der Waals surface area contributed by atoms with Crippen LogP contribution in [0.15, 0.2) is 23.3 Å². The highest BCUT2D eigenvalue weighted by Crippen LogP contribution is 2.24. The second-order valence-electron chi connectivity index (χ2n) is 2.67. The molecule has 0 atom stereocenters. The van der Waals surface area contributed by atoms with E-state index >= 15 is 0 Å². The van der Waals surface area contributed by atoms with E-state index in [0.29, 0.717) is 12.1 Å². The maximum atomic E-state index is 11.3. The van der Waals surface area contributed by atoms with Crippen LogP contribution in [-0.2, 0) is 0 Å². The van der Waals surface area contributed by atoms with Gasteiger partial charge in [0.1, 0.15) is 5.75 Å². The molecule has 5 nitrogen and oxygen atoms in total. The van der Waals surface area contributed by atoms with Gasteiger partial charge in [0, 0.05) is 17.0 Å². The van der Waals surface area contributed by atoms with Gasteiger partial charge in [0.05, 0.1) is 5.56 Å². The third kappa shape index (κ3) is 2.02. The minimum Gasteiger partial charge on any atom is -0.507 e. The van der Waals surface area contributed by atoms with E-state index in [0.717, 1.165) is 0 Å². The Morgan fingerprint density at radius 2 is 2.36 bits per heavy atom. The Morgan fingerprint density at radius 1 is 1.64 bits per heavy atom. The molecule has 0 radical (unpaired) electrons. The molecule has 0 saturated carbocycles. The molecular formula is C9H9N3O2. The summed E-state index contributed by atoms with van der Waals surface area (Å²) in [6, 6.07) is 4.16. The van der Waals surface area contributed by atoms with Crippen molar-refractivity contribution in [3.63, 3.8) is 0 Å². The van der Waals surface area contributed by atoms with Crippen LogP contribution in [0.1, 0.15) is 23.7 Å². The highest BCUT2D eigenvalue weighted by atomic mass is 16.3. The molecule has 5 heteroatoms. The van der Waals surface area contributed by atoms with E-state index in [-0.39, 0.29) is 17.1 Å². The summed E-state index contributed by atoms with van der Waals surface area (Å²) in [5, 5.41) is 12.7. The van der Waals surface area contributed by atoms with Gasteiger partial charge in [-0.1, -0.05) is 12.0 Å². The fourth-order valence-corrected chi connectivity index (χ4v) is 1.05. The summed E-state index contributed by atoms with van der Waals surface area (Å²) >= 11 is 0. The third-order valence-corrected chi connectivity index (χ3v) is 1.76. The monoisotopic (exact) mass is 191 g/mol. The van der Waals surface area contributed by atoms with E-state index < -0.39 is 0 Å². The predicted molar refractivity (Wildman–Crippen MR) is 51.5 cm³/mol. The Balaban J connectivity index is 3.20. The molecule has 14 heavy (non-hydrogen) atoms. The normalized spacial score (nSPS) is 9.21. The molecule has 0 aliphatic heterocycles. The van der Waals surface area contributed by atoms with E-state index in [2.05, 4.69) is 10.0 Å². The SMILES string of the molecule is CCC(=O)c1cc(N=[N+]=[N-])ccc1O. The van der Waals surface area contributed by atoms with E-state index in [1.807, 2.05) is 0 Å². The molecule has 0 heterocycles. The van der Waals surface area contributed by atoms with E-state index in [1.165, 1.54) is 18.2 Å². The summed E-state index contributed by atoms with van der Waals surface area (Å²) in [4.78, 5) is 13.9. The standard InChI is InChI=1S/C9H9N3O2/c1-2-8(13)7-5-6(11-12-10)3-4-9(7)14/h3-5,14H,2H2,1H3. The quantitative estimate of drug-likeness (QED) is 0.344. The van der Waals surface area contributed by atoms with Crippen LogP contribution in [-0.4, -0.2) is 10.9 Å². The van der Waals surface area contributed by atoms with Crippen molar-refractivity contribution in [1.29, 1.82) is 0 Å². The predicted octanol–water partition coefficient (Wildman–Crippen LogP) is 2.93. The molecule has 1 aromatic rings.